The Labute approximate surface area is 209 Å². The largest absolute Gasteiger partial charge is 0.361 e. The van der Waals surface area contributed by atoms with Crippen molar-refractivity contribution in [3.63, 3.8) is 0 Å². The molecule has 7 nitrogen and oxygen atoms in total. The van der Waals surface area contributed by atoms with E-state index in [2.05, 4.69) is 40.6 Å². The molecule has 0 radical (unpaired) electrons. The molecule has 174 valence electrons. The van der Waals surface area contributed by atoms with Crippen molar-refractivity contribution >= 4 is 69.1 Å². The van der Waals surface area contributed by atoms with Crippen LogP contribution in [0.2, 0.25) is 35.7 Å². The Morgan fingerprint density at radius 2 is 1.79 bits per heavy atom. The maximum Gasteiger partial charge on any atom is 0.335 e. The highest BCUT2D eigenvalue weighted by atomic mass is 79.9. The molecule has 4 aromatic rings. The van der Waals surface area contributed by atoms with E-state index in [1.54, 1.807) is 25.2 Å². The summed E-state index contributed by atoms with van der Waals surface area (Å²) in [6, 6.07) is 7.72. The number of para-hydroxylation sites is 1. The molecule has 0 aliphatic carbocycles. The van der Waals surface area contributed by atoms with Gasteiger partial charge in [-0.15, -0.1) is 0 Å². The normalized spacial score (nSPS) is 12.2. The summed E-state index contributed by atoms with van der Waals surface area (Å²) in [7, 11) is 0.412. The van der Waals surface area contributed by atoms with Gasteiger partial charge in [0.25, 0.3) is 5.56 Å². The van der Waals surface area contributed by atoms with Crippen LogP contribution in [0.3, 0.4) is 0 Å². The van der Waals surface area contributed by atoms with E-state index < -0.39 is 19.3 Å². The number of pyridine rings is 1. The number of aromatic nitrogens is 4. The van der Waals surface area contributed by atoms with Gasteiger partial charge in [-0.05, 0) is 40.2 Å². The van der Waals surface area contributed by atoms with Crippen molar-refractivity contribution in [1.29, 1.82) is 0 Å². The van der Waals surface area contributed by atoms with E-state index in [1.165, 1.54) is 10.8 Å². The van der Waals surface area contributed by atoms with E-state index in [0.717, 1.165) is 15.2 Å². The highest BCUT2D eigenvalue weighted by molar-refractivity contribution is 9.10. The molecule has 3 heterocycles. The van der Waals surface area contributed by atoms with Crippen molar-refractivity contribution in [2.45, 2.75) is 32.4 Å². The molecule has 0 N–H and O–H groups in total. The minimum Gasteiger partial charge on any atom is -0.361 e. The van der Waals surface area contributed by atoms with E-state index in [4.69, 9.17) is 27.9 Å². The summed E-state index contributed by atoms with van der Waals surface area (Å²) < 4.78 is 10.9. The lowest BCUT2D eigenvalue weighted by molar-refractivity contribution is 0.0885. The van der Waals surface area contributed by atoms with Crippen LogP contribution in [-0.4, -0.2) is 33.4 Å². The fourth-order valence-electron chi connectivity index (χ4n) is 3.68. The zero-order valence-electron chi connectivity index (χ0n) is 18.7. The Kier molecular flexibility index (Phi) is 6.63. The minimum absolute atomic E-state index is 0.156. The molecular weight excluding hydrogens is 547 g/mol. The average Bonchev–Trinajstić information content (AvgIpc) is 3.05. The molecule has 0 saturated heterocycles. The molecule has 0 unspecified atom stereocenters. The summed E-state index contributed by atoms with van der Waals surface area (Å²) in [5, 5.41) is 1.37. The zero-order chi connectivity index (χ0) is 24.1. The third-order valence-corrected chi connectivity index (χ3v) is 8.44. The van der Waals surface area contributed by atoms with Gasteiger partial charge in [-0.1, -0.05) is 48.9 Å². The monoisotopic (exact) mass is 568 g/mol. The molecule has 1 aromatic carbocycles. The molecule has 0 spiro atoms. The number of hydrogen-bond acceptors (Lipinski definition) is 4. The lowest BCUT2D eigenvalue weighted by atomic mass is 10.2. The van der Waals surface area contributed by atoms with E-state index in [0.29, 0.717) is 29.9 Å². The molecule has 0 amide bonds. The van der Waals surface area contributed by atoms with E-state index >= 15 is 0 Å². The number of aryl methyl sites for hydroxylation is 1. The molecule has 4 rings (SSSR count). The van der Waals surface area contributed by atoms with Gasteiger partial charge in [0, 0.05) is 33.3 Å². The Morgan fingerprint density at radius 3 is 2.42 bits per heavy atom. The van der Waals surface area contributed by atoms with Crippen molar-refractivity contribution in [2.24, 2.45) is 7.05 Å². The number of rotatable bonds is 6. The SMILES string of the molecule is Cn1c(=O)n(-c2c(Cl)cccc2Cl)c(=O)c2cnc3c(cc(Br)n3COCC[Si](C)(C)C)c21. The molecular formula is C22H23BrCl2N4O3Si. The summed E-state index contributed by atoms with van der Waals surface area (Å²) in [4.78, 5) is 31.2. The Balaban J connectivity index is 1.88. The molecule has 0 atom stereocenters. The van der Waals surface area contributed by atoms with E-state index in [-0.39, 0.29) is 21.1 Å². The standard InChI is InChI=1S/C22H23BrCl2N4O3Si/c1-27-18-13-10-17(23)28(12-32-8-9-33(2,3)4)20(13)26-11-14(18)21(30)29(22(27)31)19-15(24)6-5-7-16(19)25/h5-7,10-11H,8-9,12H2,1-4H3. The molecule has 11 heteroatoms. The van der Waals surface area contributed by atoms with Gasteiger partial charge in [-0.25, -0.2) is 14.3 Å². The first-order chi connectivity index (χ1) is 15.5. The summed E-state index contributed by atoms with van der Waals surface area (Å²) >= 11 is 16.1. The van der Waals surface area contributed by atoms with Crippen LogP contribution in [0.25, 0.3) is 27.6 Å². The quantitative estimate of drug-likeness (QED) is 0.229. The maximum atomic E-state index is 13.4. The lowest BCUT2D eigenvalue weighted by Crippen LogP contribution is -2.38. The average molecular weight is 570 g/mol. The molecule has 0 fully saturated rings. The van der Waals surface area contributed by atoms with Crippen LogP contribution in [-0.2, 0) is 18.5 Å². The third kappa shape index (κ3) is 4.44. The third-order valence-electron chi connectivity index (χ3n) is 5.47. The van der Waals surface area contributed by atoms with Crippen molar-refractivity contribution < 1.29 is 4.74 Å². The van der Waals surface area contributed by atoms with Crippen molar-refractivity contribution in [2.75, 3.05) is 6.61 Å². The highest BCUT2D eigenvalue weighted by Gasteiger charge is 2.21. The number of halogens is 3. The molecule has 0 bridgehead atoms. The smallest absolute Gasteiger partial charge is 0.335 e. The minimum atomic E-state index is -1.20. The van der Waals surface area contributed by atoms with E-state index in [9.17, 15) is 9.59 Å². The van der Waals surface area contributed by atoms with Crippen LogP contribution in [0.15, 0.2) is 44.7 Å². The van der Waals surface area contributed by atoms with Crippen LogP contribution in [0, 0.1) is 0 Å². The molecule has 0 aliphatic rings. The van der Waals surface area contributed by atoms with Gasteiger partial charge in [0.1, 0.15) is 12.4 Å². The first-order valence-electron chi connectivity index (χ1n) is 10.3. The predicted octanol–water partition coefficient (Wildman–Crippen LogP) is 5.42. The summed E-state index contributed by atoms with van der Waals surface area (Å²) in [6.07, 6.45) is 1.48. The van der Waals surface area contributed by atoms with Gasteiger partial charge in [-0.3, -0.25) is 13.9 Å². The second kappa shape index (κ2) is 9.03. The van der Waals surface area contributed by atoms with Gasteiger partial charge in [0.15, 0.2) is 0 Å². The number of hydrogen-bond donors (Lipinski definition) is 0. The highest BCUT2D eigenvalue weighted by Crippen LogP contribution is 2.29. The number of ether oxygens (including phenoxy) is 1. The number of benzene rings is 1. The first kappa shape index (κ1) is 24.2. The van der Waals surface area contributed by atoms with Crippen LogP contribution in [0.5, 0.6) is 0 Å². The molecule has 33 heavy (non-hydrogen) atoms. The first-order valence-corrected chi connectivity index (χ1v) is 15.6. The number of fused-ring (bicyclic) bond motifs is 3. The van der Waals surface area contributed by atoms with Crippen LogP contribution < -0.4 is 11.2 Å². The Morgan fingerprint density at radius 1 is 1.12 bits per heavy atom. The van der Waals surface area contributed by atoms with Gasteiger partial charge in [0.2, 0.25) is 0 Å². The predicted molar refractivity (Wildman–Crippen MR) is 140 cm³/mol. The lowest BCUT2D eigenvalue weighted by Gasteiger charge is -2.16. The molecule has 0 aliphatic heterocycles. The second-order valence-corrected chi connectivity index (χ2v) is 16.3. The van der Waals surface area contributed by atoms with Crippen LogP contribution >= 0.6 is 39.1 Å². The molecule has 0 saturated carbocycles. The maximum absolute atomic E-state index is 13.4. The topological polar surface area (TPSA) is 71.0 Å². The Bertz CT molecular complexity index is 1480. The zero-order valence-corrected chi connectivity index (χ0v) is 22.8. The summed E-state index contributed by atoms with van der Waals surface area (Å²) in [5.74, 6) is 0. The van der Waals surface area contributed by atoms with E-state index in [1.807, 2.05) is 10.6 Å². The molecule has 3 aromatic heterocycles. The summed E-state index contributed by atoms with van der Waals surface area (Å²) in [5.41, 5.74) is 0.169. The van der Waals surface area contributed by atoms with Crippen molar-refractivity contribution in [3.8, 4) is 5.69 Å². The van der Waals surface area contributed by atoms with Gasteiger partial charge < -0.3 is 4.74 Å². The van der Waals surface area contributed by atoms with Gasteiger partial charge in [0.05, 0.1) is 31.2 Å². The fourth-order valence-corrected chi connectivity index (χ4v) is 5.50. The van der Waals surface area contributed by atoms with Gasteiger partial charge in [-0.2, -0.15) is 0 Å². The van der Waals surface area contributed by atoms with Gasteiger partial charge >= 0.3 is 5.69 Å². The fraction of sp³-hybridized carbons (Fsp3) is 0.318. The Hall–Kier alpha value is -1.91. The number of nitrogens with zero attached hydrogens (tertiary/aromatic N) is 4. The van der Waals surface area contributed by atoms with Crippen LogP contribution in [0.4, 0.5) is 0 Å². The van der Waals surface area contributed by atoms with Crippen LogP contribution in [0.1, 0.15) is 0 Å². The van der Waals surface area contributed by atoms with Crippen molar-refractivity contribution in [3.05, 3.63) is 65.9 Å². The van der Waals surface area contributed by atoms with Crippen molar-refractivity contribution in [1.82, 2.24) is 18.7 Å². The second-order valence-electron chi connectivity index (χ2n) is 9.05. The summed E-state index contributed by atoms with van der Waals surface area (Å²) in [6.45, 7) is 7.88.